The third-order valence-electron chi connectivity index (χ3n) is 2.70. The molecular formula is C9H15NO3. The molecule has 0 aromatic carbocycles. The van der Waals surface area contributed by atoms with Crippen LogP contribution >= 0.6 is 0 Å². The van der Waals surface area contributed by atoms with Crippen LogP contribution < -0.4 is 5.73 Å². The number of carbonyl (C=O) groups excluding carboxylic acids is 1. The van der Waals surface area contributed by atoms with Crippen LogP contribution in [0.3, 0.4) is 0 Å². The lowest BCUT2D eigenvalue weighted by molar-refractivity contribution is -0.146. The number of aliphatic carboxylic acids is 1. The average Bonchev–Trinajstić information content (AvgIpc) is 2.27. The summed E-state index contributed by atoms with van der Waals surface area (Å²) >= 11 is 0. The molecule has 1 aliphatic rings. The van der Waals surface area contributed by atoms with Crippen molar-refractivity contribution >= 4 is 11.9 Å². The van der Waals surface area contributed by atoms with Crippen LogP contribution in [0.4, 0.5) is 0 Å². The Balaban J connectivity index is 2.72. The zero-order valence-electron chi connectivity index (χ0n) is 7.53. The predicted molar refractivity (Wildman–Crippen MR) is 46.9 cm³/mol. The second kappa shape index (κ2) is 4.25. The van der Waals surface area contributed by atoms with Gasteiger partial charge in [-0.1, -0.05) is 19.3 Å². The fourth-order valence-corrected chi connectivity index (χ4v) is 1.94. The van der Waals surface area contributed by atoms with E-state index >= 15 is 0 Å². The van der Waals surface area contributed by atoms with Crippen molar-refractivity contribution in [2.45, 2.75) is 32.1 Å². The van der Waals surface area contributed by atoms with Crippen LogP contribution in [0, 0.1) is 11.8 Å². The highest BCUT2D eigenvalue weighted by Crippen LogP contribution is 2.28. The summed E-state index contributed by atoms with van der Waals surface area (Å²) in [6.45, 7) is 0. The number of primary amides is 1. The van der Waals surface area contributed by atoms with Gasteiger partial charge in [0.1, 0.15) is 0 Å². The highest BCUT2D eigenvalue weighted by Gasteiger charge is 2.32. The summed E-state index contributed by atoms with van der Waals surface area (Å²) in [7, 11) is 0. The van der Waals surface area contributed by atoms with Crippen molar-refractivity contribution in [2.24, 2.45) is 17.6 Å². The molecule has 1 rings (SSSR count). The first-order chi connectivity index (χ1) is 6.13. The zero-order valence-corrected chi connectivity index (χ0v) is 7.53. The maximum atomic E-state index is 11.0. The van der Waals surface area contributed by atoms with Crippen LogP contribution in [0.25, 0.3) is 0 Å². The SMILES string of the molecule is NC(=O)C1CCCCCC1C(=O)O. The molecule has 2 atom stereocenters. The molecule has 13 heavy (non-hydrogen) atoms. The van der Waals surface area contributed by atoms with E-state index in [4.69, 9.17) is 10.8 Å². The van der Waals surface area contributed by atoms with E-state index in [2.05, 4.69) is 0 Å². The van der Waals surface area contributed by atoms with E-state index in [-0.39, 0.29) is 0 Å². The Bertz CT molecular complexity index is 193. The second-order valence-electron chi connectivity index (χ2n) is 3.59. The average molecular weight is 185 g/mol. The molecule has 74 valence electrons. The summed E-state index contributed by atoms with van der Waals surface area (Å²) in [6.07, 6.45) is 4.03. The molecule has 2 unspecified atom stereocenters. The van der Waals surface area contributed by atoms with Crippen molar-refractivity contribution in [1.29, 1.82) is 0 Å². The molecule has 0 bridgehead atoms. The quantitative estimate of drug-likeness (QED) is 0.623. The van der Waals surface area contributed by atoms with Gasteiger partial charge in [0, 0.05) is 0 Å². The fraction of sp³-hybridized carbons (Fsp3) is 0.778. The Morgan fingerprint density at radius 3 is 2.08 bits per heavy atom. The summed E-state index contributed by atoms with van der Waals surface area (Å²) in [4.78, 5) is 21.8. The van der Waals surface area contributed by atoms with Gasteiger partial charge in [0.15, 0.2) is 0 Å². The van der Waals surface area contributed by atoms with Crippen LogP contribution in [-0.2, 0) is 9.59 Å². The lowest BCUT2D eigenvalue weighted by atomic mass is 9.87. The normalized spacial score (nSPS) is 29.2. The monoisotopic (exact) mass is 185 g/mol. The molecule has 0 aromatic rings. The molecule has 0 saturated heterocycles. The minimum Gasteiger partial charge on any atom is -0.481 e. The van der Waals surface area contributed by atoms with Crippen molar-refractivity contribution in [3.05, 3.63) is 0 Å². The van der Waals surface area contributed by atoms with Gasteiger partial charge in [-0.25, -0.2) is 0 Å². The van der Waals surface area contributed by atoms with Crippen LogP contribution in [-0.4, -0.2) is 17.0 Å². The lowest BCUT2D eigenvalue weighted by Gasteiger charge is -2.17. The topological polar surface area (TPSA) is 80.4 Å². The number of carboxylic acid groups (broad SMARTS) is 1. The Hall–Kier alpha value is -1.06. The third-order valence-corrected chi connectivity index (χ3v) is 2.70. The standard InChI is InChI=1S/C9H15NO3/c10-8(11)6-4-2-1-3-5-7(6)9(12)13/h6-7H,1-5H2,(H2,10,11)(H,12,13). The van der Waals surface area contributed by atoms with Crippen LogP contribution in [0.5, 0.6) is 0 Å². The highest BCUT2D eigenvalue weighted by atomic mass is 16.4. The first-order valence-corrected chi connectivity index (χ1v) is 4.65. The fourth-order valence-electron chi connectivity index (χ4n) is 1.94. The summed E-state index contributed by atoms with van der Waals surface area (Å²) in [5.41, 5.74) is 5.16. The van der Waals surface area contributed by atoms with Gasteiger partial charge in [-0.2, -0.15) is 0 Å². The molecule has 4 nitrogen and oxygen atoms in total. The molecule has 1 aliphatic carbocycles. The van der Waals surface area contributed by atoms with Gasteiger partial charge < -0.3 is 10.8 Å². The molecule has 1 fully saturated rings. The van der Waals surface area contributed by atoms with Crippen molar-refractivity contribution in [2.75, 3.05) is 0 Å². The van der Waals surface area contributed by atoms with E-state index < -0.39 is 23.7 Å². The number of carbonyl (C=O) groups is 2. The summed E-state index contributed by atoms with van der Waals surface area (Å²) in [5.74, 6) is -2.36. The first-order valence-electron chi connectivity index (χ1n) is 4.65. The summed E-state index contributed by atoms with van der Waals surface area (Å²) in [5, 5.41) is 8.87. The Morgan fingerprint density at radius 2 is 1.62 bits per heavy atom. The molecule has 1 saturated carbocycles. The van der Waals surface area contributed by atoms with E-state index in [1.807, 2.05) is 0 Å². The molecule has 4 heteroatoms. The molecular weight excluding hydrogens is 170 g/mol. The minimum atomic E-state index is -0.884. The van der Waals surface area contributed by atoms with E-state index in [1.165, 1.54) is 0 Å². The largest absolute Gasteiger partial charge is 0.481 e. The summed E-state index contributed by atoms with van der Waals surface area (Å²) < 4.78 is 0. The zero-order chi connectivity index (χ0) is 9.84. The van der Waals surface area contributed by atoms with E-state index in [9.17, 15) is 9.59 Å². The van der Waals surface area contributed by atoms with Crippen LogP contribution in [0.1, 0.15) is 32.1 Å². The van der Waals surface area contributed by atoms with E-state index in [0.29, 0.717) is 12.8 Å². The van der Waals surface area contributed by atoms with Gasteiger partial charge in [-0.3, -0.25) is 9.59 Å². The summed E-state index contributed by atoms with van der Waals surface area (Å²) in [6, 6.07) is 0. The van der Waals surface area contributed by atoms with Gasteiger partial charge in [-0.05, 0) is 12.8 Å². The number of rotatable bonds is 2. The molecule has 1 amide bonds. The second-order valence-corrected chi connectivity index (χ2v) is 3.59. The smallest absolute Gasteiger partial charge is 0.307 e. The van der Waals surface area contributed by atoms with E-state index in [0.717, 1.165) is 19.3 Å². The third kappa shape index (κ3) is 2.44. The molecule has 0 heterocycles. The van der Waals surface area contributed by atoms with Gasteiger partial charge in [0.05, 0.1) is 11.8 Å². The maximum Gasteiger partial charge on any atom is 0.307 e. The molecule has 0 aliphatic heterocycles. The lowest BCUT2D eigenvalue weighted by Crippen LogP contribution is -2.33. The Kier molecular flexibility index (Phi) is 3.28. The van der Waals surface area contributed by atoms with Crippen molar-refractivity contribution in [1.82, 2.24) is 0 Å². The Labute approximate surface area is 77.1 Å². The number of hydrogen-bond donors (Lipinski definition) is 2. The molecule has 0 radical (unpaired) electrons. The first kappa shape index (κ1) is 10.0. The number of hydrogen-bond acceptors (Lipinski definition) is 2. The predicted octanol–water partition coefficient (Wildman–Crippen LogP) is 0.753. The number of amides is 1. The van der Waals surface area contributed by atoms with Gasteiger partial charge >= 0.3 is 5.97 Å². The van der Waals surface area contributed by atoms with E-state index in [1.54, 1.807) is 0 Å². The Morgan fingerprint density at radius 1 is 1.08 bits per heavy atom. The van der Waals surface area contributed by atoms with Gasteiger partial charge in [0.2, 0.25) is 5.91 Å². The van der Waals surface area contributed by atoms with Gasteiger partial charge in [0.25, 0.3) is 0 Å². The molecule has 0 aromatic heterocycles. The van der Waals surface area contributed by atoms with Crippen LogP contribution in [0.15, 0.2) is 0 Å². The minimum absolute atomic E-state index is 0.458. The molecule has 0 spiro atoms. The van der Waals surface area contributed by atoms with Crippen molar-refractivity contribution in [3.8, 4) is 0 Å². The van der Waals surface area contributed by atoms with Gasteiger partial charge in [-0.15, -0.1) is 0 Å². The number of nitrogens with two attached hydrogens (primary N) is 1. The van der Waals surface area contributed by atoms with Crippen molar-refractivity contribution < 1.29 is 14.7 Å². The molecule has 3 N–H and O–H groups in total. The number of carboxylic acids is 1. The van der Waals surface area contributed by atoms with Crippen LogP contribution in [0.2, 0.25) is 0 Å². The highest BCUT2D eigenvalue weighted by molar-refractivity contribution is 5.83. The van der Waals surface area contributed by atoms with Crippen molar-refractivity contribution in [3.63, 3.8) is 0 Å². The maximum absolute atomic E-state index is 11.0.